The van der Waals surface area contributed by atoms with E-state index in [2.05, 4.69) is 22.1 Å². The van der Waals surface area contributed by atoms with E-state index in [1.54, 1.807) is 6.20 Å². The molecule has 4 heteroatoms. The Bertz CT molecular complexity index is 921. The summed E-state index contributed by atoms with van der Waals surface area (Å²) in [6, 6.07) is 11.8. The first-order chi connectivity index (χ1) is 11.7. The van der Waals surface area contributed by atoms with E-state index in [-0.39, 0.29) is 5.91 Å². The highest BCUT2D eigenvalue weighted by molar-refractivity contribution is 5.95. The number of aromatic nitrogens is 2. The number of benzene rings is 1. The number of hydrogen-bond donors (Lipinski definition) is 1. The van der Waals surface area contributed by atoms with E-state index in [4.69, 9.17) is 0 Å². The zero-order valence-electron chi connectivity index (χ0n) is 13.6. The molecule has 0 atom stereocenters. The van der Waals surface area contributed by atoms with Gasteiger partial charge in [0.15, 0.2) is 0 Å². The SMILES string of the molecule is Cc1ccc(C(=O)N2CC=C(c3c[nH]c4ncccc34)CC2)cc1. The Kier molecular flexibility index (Phi) is 3.65. The molecular weight excluding hydrogens is 298 g/mol. The van der Waals surface area contributed by atoms with Crippen LogP contribution in [-0.2, 0) is 0 Å². The Morgan fingerprint density at radius 3 is 2.79 bits per heavy atom. The molecule has 0 spiro atoms. The molecule has 2 aromatic heterocycles. The molecule has 0 aliphatic carbocycles. The van der Waals surface area contributed by atoms with Gasteiger partial charge >= 0.3 is 0 Å². The highest BCUT2D eigenvalue weighted by Crippen LogP contribution is 2.28. The predicted octanol–water partition coefficient (Wildman–Crippen LogP) is 3.80. The molecule has 1 aliphatic heterocycles. The van der Waals surface area contributed by atoms with Gasteiger partial charge in [-0.3, -0.25) is 4.79 Å². The lowest BCUT2D eigenvalue weighted by atomic mass is 9.99. The highest BCUT2D eigenvalue weighted by Gasteiger charge is 2.20. The first-order valence-corrected chi connectivity index (χ1v) is 8.20. The van der Waals surface area contributed by atoms with Crippen LogP contribution >= 0.6 is 0 Å². The first kappa shape index (κ1) is 14.7. The molecule has 0 fully saturated rings. The van der Waals surface area contributed by atoms with Crippen LogP contribution in [0.1, 0.15) is 27.9 Å². The number of rotatable bonds is 2. The lowest BCUT2D eigenvalue weighted by Gasteiger charge is -2.26. The van der Waals surface area contributed by atoms with Crippen molar-refractivity contribution in [3.8, 4) is 0 Å². The molecule has 0 saturated carbocycles. The number of nitrogens with one attached hydrogen (secondary N) is 1. The molecule has 24 heavy (non-hydrogen) atoms. The van der Waals surface area contributed by atoms with Crippen molar-refractivity contribution < 1.29 is 4.79 Å². The number of pyridine rings is 1. The zero-order valence-corrected chi connectivity index (χ0v) is 13.6. The van der Waals surface area contributed by atoms with Gasteiger partial charge in [-0.05, 0) is 43.2 Å². The van der Waals surface area contributed by atoms with E-state index < -0.39 is 0 Å². The van der Waals surface area contributed by atoms with Crippen LogP contribution in [0.4, 0.5) is 0 Å². The van der Waals surface area contributed by atoms with Gasteiger partial charge in [-0.15, -0.1) is 0 Å². The number of amides is 1. The Morgan fingerprint density at radius 1 is 1.21 bits per heavy atom. The number of aromatic amines is 1. The van der Waals surface area contributed by atoms with Gasteiger partial charge in [-0.1, -0.05) is 23.8 Å². The quantitative estimate of drug-likeness (QED) is 0.781. The molecule has 3 aromatic rings. The molecular formula is C20H19N3O. The van der Waals surface area contributed by atoms with E-state index in [1.165, 1.54) is 16.7 Å². The molecule has 120 valence electrons. The fourth-order valence-electron chi connectivity index (χ4n) is 3.20. The minimum absolute atomic E-state index is 0.103. The normalized spacial score (nSPS) is 14.7. The standard InChI is InChI=1S/C20H19N3O/c1-14-4-6-16(7-5-14)20(24)23-11-8-15(9-12-23)18-13-22-19-17(18)3-2-10-21-19/h2-8,10,13H,9,11-12H2,1H3,(H,21,22). The Morgan fingerprint density at radius 2 is 2.04 bits per heavy atom. The summed E-state index contributed by atoms with van der Waals surface area (Å²) in [6.07, 6.45) is 6.82. The Labute approximate surface area is 140 Å². The van der Waals surface area contributed by atoms with E-state index >= 15 is 0 Å². The lowest BCUT2D eigenvalue weighted by Crippen LogP contribution is -2.34. The second-order valence-electron chi connectivity index (χ2n) is 6.20. The summed E-state index contributed by atoms with van der Waals surface area (Å²) in [4.78, 5) is 22.1. The topological polar surface area (TPSA) is 49.0 Å². The van der Waals surface area contributed by atoms with Gasteiger partial charge in [0.25, 0.3) is 5.91 Å². The molecule has 1 aliphatic rings. The number of aryl methyl sites for hydroxylation is 1. The highest BCUT2D eigenvalue weighted by atomic mass is 16.2. The fourth-order valence-corrected chi connectivity index (χ4v) is 3.20. The van der Waals surface area contributed by atoms with Crippen LogP contribution in [0.5, 0.6) is 0 Å². The van der Waals surface area contributed by atoms with Crippen molar-refractivity contribution in [3.05, 3.63) is 71.6 Å². The zero-order chi connectivity index (χ0) is 16.5. The number of carbonyl (C=O) groups excluding carboxylic acids is 1. The molecule has 0 unspecified atom stereocenters. The number of fused-ring (bicyclic) bond motifs is 1. The monoisotopic (exact) mass is 317 g/mol. The van der Waals surface area contributed by atoms with Crippen molar-refractivity contribution in [1.82, 2.24) is 14.9 Å². The average Bonchev–Trinajstić information content (AvgIpc) is 3.06. The van der Waals surface area contributed by atoms with Crippen molar-refractivity contribution in [3.63, 3.8) is 0 Å². The summed E-state index contributed by atoms with van der Waals surface area (Å²) >= 11 is 0. The fraction of sp³-hybridized carbons (Fsp3) is 0.200. The van der Waals surface area contributed by atoms with Gasteiger partial charge in [-0.2, -0.15) is 0 Å². The molecule has 1 N–H and O–H groups in total. The van der Waals surface area contributed by atoms with Crippen LogP contribution in [-0.4, -0.2) is 33.9 Å². The molecule has 1 aromatic carbocycles. The third kappa shape index (κ3) is 2.60. The minimum atomic E-state index is 0.103. The maximum absolute atomic E-state index is 12.6. The molecule has 3 heterocycles. The van der Waals surface area contributed by atoms with E-state index in [0.717, 1.165) is 29.6 Å². The largest absolute Gasteiger partial charge is 0.346 e. The maximum Gasteiger partial charge on any atom is 0.254 e. The van der Waals surface area contributed by atoms with Crippen LogP contribution in [0.15, 0.2) is 54.9 Å². The summed E-state index contributed by atoms with van der Waals surface area (Å²) in [5.74, 6) is 0.103. The Hall–Kier alpha value is -2.88. The maximum atomic E-state index is 12.6. The third-order valence-electron chi connectivity index (χ3n) is 4.59. The summed E-state index contributed by atoms with van der Waals surface area (Å²) in [5.41, 5.74) is 5.31. The number of nitrogens with zero attached hydrogens (tertiary/aromatic N) is 2. The number of H-pyrrole nitrogens is 1. The van der Waals surface area contributed by atoms with E-state index in [9.17, 15) is 4.79 Å². The van der Waals surface area contributed by atoms with Crippen LogP contribution in [0, 0.1) is 6.92 Å². The first-order valence-electron chi connectivity index (χ1n) is 8.20. The van der Waals surface area contributed by atoms with Gasteiger partial charge in [0.2, 0.25) is 0 Å². The van der Waals surface area contributed by atoms with Gasteiger partial charge in [-0.25, -0.2) is 4.98 Å². The van der Waals surface area contributed by atoms with Crippen molar-refractivity contribution in [1.29, 1.82) is 0 Å². The van der Waals surface area contributed by atoms with E-state index in [0.29, 0.717) is 6.54 Å². The molecule has 0 saturated heterocycles. The number of carbonyl (C=O) groups is 1. The van der Waals surface area contributed by atoms with Crippen LogP contribution in [0.3, 0.4) is 0 Å². The van der Waals surface area contributed by atoms with Gasteiger partial charge < -0.3 is 9.88 Å². The second kappa shape index (κ2) is 5.96. The smallest absolute Gasteiger partial charge is 0.254 e. The van der Waals surface area contributed by atoms with Crippen molar-refractivity contribution in [2.24, 2.45) is 0 Å². The van der Waals surface area contributed by atoms with Crippen molar-refractivity contribution in [2.45, 2.75) is 13.3 Å². The summed E-state index contributed by atoms with van der Waals surface area (Å²) in [5, 5.41) is 1.14. The van der Waals surface area contributed by atoms with Crippen LogP contribution in [0.25, 0.3) is 16.6 Å². The molecule has 1 amide bonds. The molecule has 4 rings (SSSR count). The third-order valence-corrected chi connectivity index (χ3v) is 4.59. The molecule has 0 radical (unpaired) electrons. The van der Waals surface area contributed by atoms with Gasteiger partial charge in [0.05, 0.1) is 0 Å². The summed E-state index contributed by atoms with van der Waals surface area (Å²) < 4.78 is 0. The average molecular weight is 317 g/mol. The van der Waals surface area contributed by atoms with Crippen molar-refractivity contribution >= 4 is 22.5 Å². The van der Waals surface area contributed by atoms with E-state index in [1.807, 2.05) is 48.4 Å². The molecule has 4 nitrogen and oxygen atoms in total. The summed E-state index contributed by atoms with van der Waals surface area (Å²) in [6.45, 7) is 3.42. The lowest BCUT2D eigenvalue weighted by molar-refractivity contribution is 0.0773. The minimum Gasteiger partial charge on any atom is -0.346 e. The molecule has 0 bridgehead atoms. The van der Waals surface area contributed by atoms with Gasteiger partial charge in [0, 0.05) is 42.0 Å². The van der Waals surface area contributed by atoms with Crippen LogP contribution < -0.4 is 0 Å². The second-order valence-corrected chi connectivity index (χ2v) is 6.20. The van der Waals surface area contributed by atoms with Gasteiger partial charge in [0.1, 0.15) is 5.65 Å². The van der Waals surface area contributed by atoms with Crippen LogP contribution in [0.2, 0.25) is 0 Å². The van der Waals surface area contributed by atoms with Crippen molar-refractivity contribution in [2.75, 3.05) is 13.1 Å². The Balaban J connectivity index is 1.55. The number of hydrogen-bond acceptors (Lipinski definition) is 2. The predicted molar refractivity (Wildman–Crippen MR) is 95.8 cm³/mol. The summed E-state index contributed by atoms with van der Waals surface area (Å²) in [7, 11) is 0.